The number of carbonyl (C=O) groups is 1. The smallest absolute Gasteiger partial charge is 0.236 e. The van der Waals surface area contributed by atoms with E-state index in [0.717, 1.165) is 12.8 Å². The Hall–Kier alpha value is -0.570. The van der Waals surface area contributed by atoms with Crippen molar-refractivity contribution < 1.29 is 4.79 Å². The van der Waals surface area contributed by atoms with E-state index in [-0.39, 0.29) is 12.5 Å². The second-order valence-electron chi connectivity index (χ2n) is 3.28. The van der Waals surface area contributed by atoms with Gasteiger partial charge in [0.2, 0.25) is 5.91 Å². The van der Waals surface area contributed by atoms with Crippen LogP contribution in [0.4, 0.5) is 0 Å². The number of nitrogens with two attached hydrogens (primary N) is 1. The van der Waals surface area contributed by atoms with Crippen molar-refractivity contribution in [3.63, 3.8) is 0 Å². The van der Waals surface area contributed by atoms with Crippen molar-refractivity contribution >= 4 is 5.91 Å². The van der Waals surface area contributed by atoms with E-state index < -0.39 is 0 Å². The molecule has 1 rings (SSSR count). The maximum atomic E-state index is 11.2. The molecule has 64 valence electrons. The monoisotopic (exact) mass is 156 g/mol. The van der Waals surface area contributed by atoms with Crippen molar-refractivity contribution in [3.05, 3.63) is 0 Å². The third-order valence-electron chi connectivity index (χ3n) is 2.41. The molecular weight excluding hydrogens is 140 g/mol. The average Bonchev–Trinajstić information content (AvgIpc) is 2.30. The highest BCUT2D eigenvalue weighted by Gasteiger charge is 2.29. The fourth-order valence-electron chi connectivity index (χ4n) is 1.79. The number of amides is 1. The van der Waals surface area contributed by atoms with Crippen LogP contribution in [-0.2, 0) is 4.79 Å². The van der Waals surface area contributed by atoms with Gasteiger partial charge in [-0.05, 0) is 26.7 Å². The molecule has 2 unspecified atom stereocenters. The van der Waals surface area contributed by atoms with Crippen molar-refractivity contribution in [2.75, 3.05) is 6.54 Å². The zero-order valence-corrected chi connectivity index (χ0v) is 7.21. The van der Waals surface area contributed by atoms with Gasteiger partial charge in [0.1, 0.15) is 0 Å². The standard InChI is InChI=1S/C8H16N2O/c1-6-3-4-7(2)10(6)8(11)5-9/h6-7H,3-5,9H2,1-2H3. The molecule has 3 nitrogen and oxygen atoms in total. The van der Waals surface area contributed by atoms with Gasteiger partial charge in [-0.15, -0.1) is 0 Å². The number of hydrogen-bond acceptors (Lipinski definition) is 2. The molecule has 0 aromatic heterocycles. The van der Waals surface area contributed by atoms with Gasteiger partial charge in [-0.1, -0.05) is 0 Å². The number of carbonyl (C=O) groups excluding carboxylic acids is 1. The van der Waals surface area contributed by atoms with Crippen LogP contribution in [0.3, 0.4) is 0 Å². The third kappa shape index (κ3) is 1.53. The summed E-state index contributed by atoms with van der Waals surface area (Å²) in [5.41, 5.74) is 5.29. The van der Waals surface area contributed by atoms with Gasteiger partial charge in [-0.2, -0.15) is 0 Å². The maximum absolute atomic E-state index is 11.2. The predicted octanol–water partition coefficient (Wildman–Crippen LogP) is 0.345. The molecule has 0 aromatic carbocycles. The summed E-state index contributed by atoms with van der Waals surface area (Å²) in [6, 6.07) is 0.780. The van der Waals surface area contributed by atoms with Gasteiger partial charge >= 0.3 is 0 Å². The van der Waals surface area contributed by atoms with Crippen LogP contribution in [0.5, 0.6) is 0 Å². The SMILES string of the molecule is CC1CCC(C)N1C(=O)CN. The van der Waals surface area contributed by atoms with Crippen LogP contribution in [0.25, 0.3) is 0 Å². The summed E-state index contributed by atoms with van der Waals surface area (Å²) in [4.78, 5) is 13.1. The van der Waals surface area contributed by atoms with Gasteiger partial charge in [0.15, 0.2) is 0 Å². The highest BCUT2D eigenvalue weighted by Crippen LogP contribution is 2.22. The highest BCUT2D eigenvalue weighted by molar-refractivity contribution is 5.78. The zero-order chi connectivity index (χ0) is 8.43. The van der Waals surface area contributed by atoms with Crippen molar-refractivity contribution in [2.24, 2.45) is 5.73 Å². The molecule has 11 heavy (non-hydrogen) atoms. The Balaban J connectivity index is 2.60. The molecule has 1 fully saturated rings. The number of hydrogen-bond donors (Lipinski definition) is 1. The summed E-state index contributed by atoms with van der Waals surface area (Å²) in [5, 5.41) is 0. The maximum Gasteiger partial charge on any atom is 0.236 e. The molecule has 3 heteroatoms. The van der Waals surface area contributed by atoms with Crippen LogP contribution < -0.4 is 5.73 Å². The van der Waals surface area contributed by atoms with Gasteiger partial charge in [-0.25, -0.2) is 0 Å². The van der Waals surface area contributed by atoms with E-state index in [0.29, 0.717) is 12.1 Å². The van der Waals surface area contributed by atoms with E-state index in [4.69, 9.17) is 5.73 Å². The fraction of sp³-hybridized carbons (Fsp3) is 0.875. The van der Waals surface area contributed by atoms with Crippen LogP contribution in [0, 0.1) is 0 Å². The quantitative estimate of drug-likeness (QED) is 0.595. The molecule has 0 aromatic rings. The van der Waals surface area contributed by atoms with E-state index in [9.17, 15) is 4.79 Å². The van der Waals surface area contributed by atoms with Crippen LogP contribution in [0.2, 0.25) is 0 Å². The first-order valence-corrected chi connectivity index (χ1v) is 4.18. The number of rotatable bonds is 1. The molecule has 2 N–H and O–H groups in total. The average molecular weight is 156 g/mol. The van der Waals surface area contributed by atoms with Gasteiger partial charge in [0.25, 0.3) is 0 Å². The lowest BCUT2D eigenvalue weighted by Gasteiger charge is -2.25. The van der Waals surface area contributed by atoms with Crippen molar-refractivity contribution in [1.82, 2.24) is 4.90 Å². The van der Waals surface area contributed by atoms with Gasteiger partial charge in [0.05, 0.1) is 6.54 Å². The Kier molecular flexibility index (Phi) is 2.49. The third-order valence-corrected chi connectivity index (χ3v) is 2.41. The molecule has 2 atom stereocenters. The molecule has 1 amide bonds. The van der Waals surface area contributed by atoms with Gasteiger partial charge in [-0.3, -0.25) is 4.79 Å². The molecule has 0 bridgehead atoms. The molecule has 1 aliphatic rings. The van der Waals surface area contributed by atoms with E-state index >= 15 is 0 Å². The first kappa shape index (κ1) is 8.53. The predicted molar refractivity (Wildman–Crippen MR) is 44.1 cm³/mol. The molecular formula is C8H16N2O. The molecule has 0 spiro atoms. The summed E-state index contributed by atoms with van der Waals surface area (Å²) in [7, 11) is 0. The first-order valence-electron chi connectivity index (χ1n) is 4.18. The fourth-order valence-corrected chi connectivity index (χ4v) is 1.79. The topological polar surface area (TPSA) is 46.3 Å². The molecule has 0 aliphatic carbocycles. The van der Waals surface area contributed by atoms with E-state index in [1.54, 1.807) is 0 Å². The van der Waals surface area contributed by atoms with Crippen molar-refractivity contribution in [1.29, 1.82) is 0 Å². The summed E-state index contributed by atoms with van der Waals surface area (Å²) >= 11 is 0. The molecule has 0 saturated carbocycles. The second kappa shape index (κ2) is 3.22. The van der Waals surface area contributed by atoms with Crippen LogP contribution in [0.15, 0.2) is 0 Å². The zero-order valence-electron chi connectivity index (χ0n) is 7.21. The second-order valence-corrected chi connectivity index (χ2v) is 3.28. The van der Waals surface area contributed by atoms with E-state index in [1.165, 1.54) is 0 Å². The largest absolute Gasteiger partial charge is 0.336 e. The highest BCUT2D eigenvalue weighted by atomic mass is 16.2. The lowest BCUT2D eigenvalue weighted by Crippen LogP contribution is -2.42. The van der Waals surface area contributed by atoms with Gasteiger partial charge in [0, 0.05) is 12.1 Å². The Bertz CT molecular complexity index is 148. The molecule has 1 aliphatic heterocycles. The minimum Gasteiger partial charge on any atom is -0.336 e. The van der Waals surface area contributed by atoms with E-state index in [2.05, 4.69) is 13.8 Å². The normalized spacial score (nSPS) is 31.0. The Morgan fingerprint density at radius 1 is 1.45 bits per heavy atom. The van der Waals surface area contributed by atoms with Crippen LogP contribution in [-0.4, -0.2) is 29.4 Å². The lowest BCUT2D eigenvalue weighted by atomic mass is 10.2. The molecule has 0 radical (unpaired) electrons. The summed E-state index contributed by atoms with van der Waals surface area (Å²) in [6.45, 7) is 4.31. The summed E-state index contributed by atoms with van der Waals surface area (Å²) in [6.07, 6.45) is 2.24. The molecule has 1 saturated heterocycles. The summed E-state index contributed by atoms with van der Waals surface area (Å²) < 4.78 is 0. The van der Waals surface area contributed by atoms with Crippen molar-refractivity contribution in [2.45, 2.75) is 38.8 Å². The lowest BCUT2D eigenvalue weighted by molar-refractivity contribution is -0.131. The summed E-state index contributed by atoms with van der Waals surface area (Å²) in [5.74, 6) is 0.0856. The Labute approximate surface area is 67.5 Å². The van der Waals surface area contributed by atoms with Crippen molar-refractivity contribution in [3.8, 4) is 0 Å². The Morgan fingerprint density at radius 3 is 2.27 bits per heavy atom. The number of nitrogens with zero attached hydrogens (tertiary/aromatic N) is 1. The molecule has 1 heterocycles. The van der Waals surface area contributed by atoms with Crippen LogP contribution in [0.1, 0.15) is 26.7 Å². The first-order chi connectivity index (χ1) is 5.16. The Morgan fingerprint density at radius 2 is 1.91 bits per heavy atom. The van der Waals surface area contributed by atoms with Gasteiger partial charge < -0.3 is 10.6 Å². The minimum absolute atomic E-state index is 0.0856. The van der Waals surface area contributed by atoms with Crippen LogP contribution >= 0.6 is 0 Å². The number of likely N-dealkylation sites (tertiary alicyclic amines) is 1. The van der Waals surface area contributed by atoms with E-state index in [1.807, 2.05) is 4.90 Å². The minimum atomic E-state index is 0.0856.